The molecular formula is C14H28N2O2. The van der Waals surface area contributed by atoms with Gasteiger partial charge in [0.1, 0.15) is 5.60 Å². The molecule has 0 spiro atoms. The minimum Gasteiger partial charge on any atom is -0.444 e. The van der Waals surface area contributed by atoms with Crippen molar-refractivity contribution in [3.63, 3.8) is 0 Å². The third-order valence-corrected chi connectivity index (χ3v) is 2.27. The molecule has 0 saturated heterocycles. The number of carbonyl (C=O) groups is 1. The fourth-order valence-corrected chi connectivity index (χ4v) is 1.46. The van der Waals surface area contributed by atoms with E-state index in [1.165, 1.54) is 12.8 Å². The van der Waals surface area contributed by atoms with Gasteiger partial charge >= 0.3 is 6.09 Å². The van der Waals surface area contributed by atoms with Crippen LogP contribution >= 0.6 is 0 Å². The van der Waals surface area contributed by atoms with Crippen molar-refractivity contribution in [1.82, 2.24) is 5.32 Å². The topological polar surface area (TPSA) is 64.3 Å². The Morgan fingerprint density at radius 1 is 1.17 bits per heavy atom. The fourth-order valence-electron chi connectivity index (χ4n) is 1.46. The van der Waals surface area contributed by atoms with Gasteiger partial charge in [0.15, 0.2) is 0 Å². The van der Waals surface area contributed by atoms with E-state index < -0.39 is 5.60 Å². The summed E-state index contributed by atoms with van der Waals surface area (Å²) in [6.45, 7) is 6.90. The summed E-state index contributed by atoms with van der Waals surface area (Å²) in [5.41, 5.74) is 4.92. The van der Waals surface area contributed by atoms with Crippen molar-refractivity contribution in [1.29, 1.82) is 0 Å². The van der Waals surface area contributed by atoms with E-state index in [2.05, 4.69) is 11.4 Å². The molecule has 3 N–H and O–H groups in total. The summed E-state index contributed by atoms with van der Waals surface area (Å²) in [5.74, 6) is 0. The van der Waals surface area contributed by atoms with Gasteiger partial charge in [-0.2, -0.15) is 0 Å². The molecule has 0 aromatic heterocycles. The summed E-state index contributed by atoms with van der Waals surface area (Å²) in [5, 5.41) is 2.76. The molecule has 1 amide bonds. The van der Waals surface area contributed by atoms with Gasteiger partial charge in [0.2, 0.25) is 0 Å². The normalized spacial score (nSPS) is 11.8. The second-order valence-corrected chi connectivity index (χ2v) is 5.34. The highest BCUT2D eigenvalue weighted by atomic mass is 16.6. The van der Waals surface area contributed by atoms with E-state index in [0.29, 0.717) is 13.1 Å². The zero-order chi connectivity index (χ0) is 13.9. The van der Waals surface area contributed by atoms with Crippen LogP contribution in [0.15, 0.2) is 12.2 Å². The molecule has 0 aliphatic rings. The van der Waals surface area contributed by atoms with Gasteiger partial charge in [-0.25, -0.2) is 4.79 Å². The monoisotopic (exact) mass is 256 g/mol. The van der Waals surface area contributed by atoms with Crippen LogP contribution in [0.2, 0.25) is 0 Å². The molecule has 106 valence electrons. The van der Waals surface area contributed by atoms with Gasteiger partial charge in [-0.05, 0) is 40.0 Å². The molecule has 0 unspecified atom stereocenters. The third-order valence-electron chi connectivity index (χ3n) is 2.27. The van der Waals surface area contributed by atoms with Gasteiger partial charge < -0.3 is 15.8 Å². The van der Waals surface area contributed by atoms with E-state index >= 15 is 0 Å². The van der Waals surface area contributed by atoms with Crippen LogP contribution in [0.5, 0.6) is 0 Å². The Morgan fingerprint density at radius 3 is 2.44 bits per heavy atom. The molecule has 0 aliphatic carbocycles. The summed E-state index contributed by atoms with van der Waals surface area (Å²) in [6, 6.07) is 0. The number of allylic oxidation sites excluding steroid dienone is 1. The van der Waals surface area contributed by atoms with E-state index in [4.69, 9.17) is 10.5 Å². The molecule has 0 atom stereocenters. The largest absolute Gasteiger partial charge is 0.444 e. The average Bonchev–Trinajstić information content (AvgIpc) is 2.24. The summed E-state index contributed by atoms with van der Waals surface area (Å²) < 4.78 is 5.14. The molecule has 0 saturated carbocycles. The minimum atomic E-state index is -0.417. The van der Waals surface area contributed by atoms with Gasteiger partial charge in [0.05, 0.1) is 0 Å². The Kier molecular flexibility index (Phi) is 9.38. The highest BCUT2D eigenvalue weighted by Crippen LogP contribution is 2.07. The van der Waals surface area contributed by atoms with Gasteiger partial charge in [-0.1, -0.05) is 25.0 Å². The number of hydrogen-bond acceptors (Lipinski definition) is 3. The standard InChI is InChI=1S/C14H28N2O2/c1-14(2,3)18-13(17)16-12-10-8-6-4-5-7-9-11-15/h7,9H,4-6,8,10-12,15H2,1-3H3,(H,16,17)/b9-7+. The van der Waals surface area contributed by atoms with Gasteiger partial charge in [-0.15, -0.1) is 0 Å². The molecule has 0 radical (unpaired) electrons. The zero-order valence-corrected chi connectivity index (χ0v) is 12.0. The maximum atomic E-state index is 11.3. The van der Waals surface area contributed by atoms with Gasteiger partial charge in [0, 0.05) is 13.1 Å². The minimum absolute atomic E-state index is 0.326. The number of alkyl carbamates (subject to hydrolysis) is 1. The first-order valence-corrected chi connectivity index (χ1v) is 6.77. The Hall–Kier alpha value is -1.03. The number of ether oxygens (including phenoxy) is 1. The SMILES string of the molecule is CC(C)(C)OC(=O)NCCCCCC/C=C/CN. The lowest BCUT2D eigenvalue weighted by Crippen LogP contribution is -2.32. The molecule has 4 heteroatoms. The predicted molar refractivity (Wildman–Crippen MR) is 75.5 cm³/mol. The first kappa shape index (κ1) is 17.0. The van der Waals surface area contributed by atoms with E-state index in [1.807, 2.05) is 26.8 Å². The van der Waals surface area contributed by atoms with Crippen LogP contribution in [-0.4, -0.2) is 24.8 Å². The maximum absolute atomic E-state index is 11.3. The molecule has 18 heavy (non-hydrogen) atoms. The Balaban J connectivity index is 3.30. The van der Waals surface area contributed by atoms with E-state index in [1.54, 1.807) is 0 Å². The van der Waals surface area contributed by atoms with Crippen molar-refractivity contribution < 1.29 is 9.53 Å². The summed E-state index contributed by atoms with van der Waals surface area (Å²) in [7, 11) is 0. The zero-order valence-electron chi connectivity index (χ0n) is 12.0. The van der Waals surface area contributed by atoms with Crippen molar-refractivity contribution in [2.24, 2.45) is 5.73 Å². The lowest BCUT2D eigenvalue weighted by atomic mass is 10.1. The molecule has 0 aromatic carbocycles. The van der Waals surface area contributed by atoms with E-state index in [0.717, 1.165) is 19.3 Å². The summed E-state index contributed by atoms with van der Waals surface area (Å²) >= 11 is 0. The first-order valence-electron chi connectivity index (χ1n) is 6.77. The Bertz CT molecular complexity index is 245. The highest BCUT2D eigenvalue weighted by molar-refractivity contribution is 5.67. The van der Waals surface area contributed by atoms with Crippen LogP contribution < -0.4 is 11.1 Å². The molecule has 0 bridgehead atoms. The average molecular weight is 256 g/mol. The summed E-state index contributed by atoms with van der Waals surface area (Å²) in [6.07, 6.45) is 9.38. The molecular weight excluding hydrogens is 228 g/mol. The van der Waals surface area contributed by atoms with Crippen molar-refractivity contribution in [3.05, 3.63) is 12.2 Å². The molecule has 4 nitrogen and oxygen atoms in total. The number of nitrogens with one attached hydrogen (secondary N) is 1. The molecule has 0 aromatic rings. The smallest absolute Gasteiger partial charge is 0.407 e. The van der Waals surface area contributed by atoms with Crippen molar-refractivity contribution in [3.8, 4) is 0 Å². The van der Waals surface area contributed by atoms with Gasteiger partial charge in [0.25, 0.3) is 0 Å². The van der Waals surface area contributed by atoms with Crippen molar-refractivity contribution in [2.75, 3.05) is 13.1 Å². The van der Waals surface area contributed by atoms with Crippen molar-refractivity contribution >= 4 is 6.09 Å². The van der Waals surface area contributed by atoms with E-state index in [9.17, 15) is 4.79 Å². The summed E-state index contributed by atoms with van der Waals surface area (Å²) in [4.78, 5) is 11.3. The van der Waals surface area contributed by atoms with E-state index in [-0.39, 0.29) is 6.09 Å². The van der Waals surface area contributed by atoms with Crippen LogP contribution in [-0.2, 0) is 4.74 Å². The lowest BCUT2D eigenvalue weighted by Gasteiger charge is -2.19. The first-order chi connectivity index (χ1) is 8.45. The fraction of sp³-hybridized carbons (Fsp3) is 0.786. The Labute approximate surface area is 111 Å². The molecule has 0 heterocycles. The van der Waals surface area contributed by atoms with Crippen LogP contribution in [0.3, 0.4) is 0 Å². The van der Waals surface area contributed by atoms with Gasteiger partial charge in [-0.3, -0.25) is 0 Å². The number of amides is 1. The number of unbranched alkanes of at least 4 members (excludes halogenated alkanes) is 4. The quantitative estimate of drug-likeness (QED) is 0.518. The number of rotatable bonds is 8. The molecule has 0 rings (SSSR count). The Morgan fingerprint density at radius 2 is 1.83 bits per heavy atom. The van der Waals surface area contributed by atoms with Crippen LogP contribution in [0.1, 0.15) is 52.9 Å². The van der Waals surface area contributed by atoms with Crippen LogP contribution in [0.25, 0.3) is 0 Å². The van der Waals surface area contributed by atoms with Crippen LogP contribution in [0, 0.1) is 0 Å². The number of carbonyl (C=O) groups excluding carboxylic acids is 1. The second-order valence-electron chi connectivity index (χ2n) is 5.34. The number of nitrogens with two attached hydrogens (primary N) is 1. The highest BCUT2D eigenvalue weighted by Gasteiger charge is 2.15. The molecule has 0 fully saturated rings. The van der Waals surface area contributed by atoms with Crippen molar-refractivity contribution in [2.45, 2.75) is 58.5 Å². The second kappa shape index (κ2) is 9.95. The number of hydrogen-bond donors (Lipinski definition) is 2. The van der Waals surface area contributed by atoms with Crippen LogP contribution in [0.4, 0.5) is 4.79 Å². The maximum Gasteiger partial charge on any atom is 0.407 e. The predicted octanol–water partition coefficient (Wildman–Crippen LogP) is 2.98. The third kappa shape index (κ3) is 13.0. The lowest BCUT2D eigenvalue weighted by molar-refractivity contribution is 0.0527. The molecule has 0 aliphatic heterocycles.